The maximum atomic E-state index is 15.8. The SMILES string of the molecule is COc1cc2c(c(F)c1OCCCOc1c(OC)cc3sc(C(=O)CCC(=O)O)cc3c1F)CN(C(=O)CCC(=O)OC(C)(C)SCNC(=O)CN1C(=O)C=CC1=O)C2. The fourth-order valence-corrected chi connectivity index (χ4v) is 7.78. The minimum Gasteiger partial charge on any atom is -0.493 e. The maximum Gasteiger partial charge on any atom is 0.307 e. The van der Waals surface area contributed by atoms with Crippen LogP contribution in [-0.2, 0) is 46.6 Å². The summed E-state index contributed by atoms with van der Waals surface area (Å²) in [4.78, 5) is 85.7. The minimum absolute atomic E-state index is 0.0103. The lowest BCUT2D eigenvalue weighted by Crippen LogP contribution is -2.41. The number of ether oxygens (including phenoxy) is 5. The van der Waals surface area contributed by atoms with E-state index in [0.717, 1.165) is 40.2 Å². The number of methoxy groups -OCH3 is 2. The van der Waals surface area contributed by atoms with Crippen LogP contribution in [0, 0.1) is 11.6 Å². The van der Waals surface area contributed by atoms with Gasteiger partial charge in [0.1, 0.15) is 6.54 Å². The van der Waals surface area contributed by atoms with Crippen molar-refractivity contribution in [1.82, 2.24) is 15.1 Å². The number of ketones is 1. The van der Waals surface area contributed by atoms with Gasteiger partial charge in [-0.25, -0.2) is 8.78 Å². The molecule has 20 heteroatoms. The standard InChI is InChI=1S/C39H41F2N3O13S2/c1-39(2,58-20-42-29(46)19-44-31(48)7-8-32(44)49)57-34(52)11-9-30(47)43-17-21-14-25(53-3)37(36(41)23(21)18-43)55-12-5-13-56-38-26(54-4)16-27-22(35(38)40)15-28(59-27)24(45)6-10-33(50)51/h7-8,14-16H,5-6,9-13,17-20H2,1-4H3,(H,42,46)(H,50,51). The Morgan fingerprint density at radius 1 is 0.881 bits per heavy atom. The van der Waals surface area contributed by atoms with E-state index in [2.05, 4.69) is 5.32 Å². The Hall–Kier alpha value is -5.76. The third-order valence-electron chi connectivity index (χ3n) is 8.98. The van der Waals surface area contributed by atoms with E-state index in [4.69, 9.17) is 28.8 Å². The highest BCUT2D eigenvalue weighted by Crippen LogP contribution is 2.41. The molecule has 316 valence electrons. The summed E-state index contributed by atoms with van der Waals surface area (Å²) in [7, 11) is 2.67. The van der Waals surface area contributed by atoms with Gasteiger partial charge in [0.25, 0.3) is 11.8 Å². The van der Waals surface area contributed by atoms with Gasteiger partial charge in [-0.05, 0) is 31.5 Å². The zero-order valence-corrected chi connectivity index (χ0v) is 34.1. The molecule has 0 aliphatic carbocycles. The van der Waals surface area contributed by atoms with Crippen LogP contribution in [0.2, 0.25) is 0 Å². The summed E-state index contributed by atoms with van der Waals surface area (Å²) in [5.41, 5.74) is 0.720. The van der Waals surface area contributed by atoms with Crippen molar-refractivity contribution < 1.29 is 71.1 Å². The molecule has 3 heterocycles. The predicted molar refractivity (Wildman–Crippen MR) is 208 cm³/mol. The number of rotatable bonds is 21. The molecule has 0 atom stereocenters. The number of hydrogen-bond donors (Lipinski definition) is 2. The van der Waals surface area contributed by atoms with Crippen molar-refractivity contribution >= 4 is 74.5 Å². The highest BCUT2D eigenvalue weighted by atomic mass is 32.2. The van der Waals surface area contributed by atoms with E-state index in [9.17, 15) is 33.6 Å². The number of thioether (sulfide) groups is 1. The molecular formula is C39H41F2N3O13S2. The van der Waals surface area contributed by atoms with Crippen LogP contribution in [0.15, 0.2) is 30.4 Å². The second-order valence-electron chi connectivity index (χ2n) is 13.6. The van der Waals surface area contributed by atoms with E-state index in [0.29, 0.717) is 10.3 Å². The second kappa shape index (κ2) is 19.3. The number of amides is 4. The molecule has 2 aliphatic rings. The lowest BCUT2D eigenvalue weighted by molar-refractivity contribution is -0.151. The second-order valence-corrected chi connectivity index (χ2v) is 16.2. The molecule has 16 nitrogen and oxygen atoms in total. The number of halogens is 2. The van der Waals surface area contributed by atoms with Crippen LogP contribution in [0.4, 0.5) is 8.78 Å². The quantitative estimate of drug-likeness (QED) is 0.0489. The molecule has 2 N–H and O–H groups in total. The number of carboxylic acid groups (broad SMARTS) is 1. The van der Waals surface area contributed by atoms with E-state index in [1.807, 2.05) is 0 Å². The number of fused-ring (bicyclic) bond motifs is 2. The van der Waals surface area contributed by atoms with Crippen molar-refractivity contribution in [2.45, 2.75) is 64.0 Å². The molecule has 0 saturated heterocycles. The number of carbonyl (C=O) groups excluding carboxylic acids is 6. The number of benzene rings is 2. The Labute approximate surface area is 344 Å². The molecular weight excluding hydrogens is 821 g/mol. The van der Waals surface area contributed by atoms with E-state index in [1.165, 1.54) is 31.3 Å². The number of carboxylic acids is 1. The summed E-state index contributed by atoms with van der Waals surface area (Å²) < 4.78 is 59.4. The van der Waals surface area contributed by atoms with E-state index < -0.39 is 64.5 Å². The molecule has 0 saturated carbocycles. The van der Waals surface area contributed by atoms with Crippen LogP contribution in [0.1, 0.15) is 66.8 Å². The van der Waals surface area contributed by atoms with Crippen LogP contribution >= 0.6 is 23.1 Å². The Bertz CT molecular complexity index is 2190. The summed E-state index contributed by atoms with van der Waals surface area (Å²) in [6, 6.07) is 4.44. The fraction of sp³-hybridized carbons (Fsp3) is 0.410. The first-order valence-corrected chi connectivity index (χ1v) is 19.9. The average Bonchev–Trinajstić information content (AvgIpc) is 3.91. The summed E-state index contributed by atoms with van der Waals surface area (Å²) in [5.74, 6) is -6.05. The Morgan fingerprint density at radius 2 is 1.53 bits per heavy atom. The maximum absolute atomic E-state index is 15.8. The topological polar surface area (TPSA) is 204 Å². The molecule has 5 rings (SSSR count). The first kappa shape index (κ1) is 44.3. The van der Waals surface area contributed by atoms with Gasteiger partial charge < -0.3 is 39.0 Å². The number of thiophene rings is 1. The zero-order valence-electron chi connectivity index (χ0n) is 32.5. The molecule has 2 aliphatic heterocycles. The minimum atomic E-state index is -1.12. The summed E-state index contributed by atoms with van der Waals surface area (Å²) in [5, 5.41) is 11.5. The lowest BCUT2D eigenvalue weighted by Gasteiger charge is -2.25. The highest BCUT2D eigenvalue weighted by Gasteiger charge is 2.32. The molecule has 0 bridgehead atoms. The van der Waals surface area contributed by atoms with Crippen LogP contribution in [-0.4, -0.2) is 101 Å². The highest BCUT2D eigenvalue weighted by molar-refractivity contribution is 8.00. The van der Waals surface area contributed by atoms with Gasteiger partial charge in [0.2, 0.25) is 11.8 Å². The van der Waals surface area contributed by atoms with Crippen LogP contribution in [0.25, 0.3) is 10.1 Å². The molecule has 59 heavy (non-hydrogen) atoms. The molecule has 3 aromatic rings. The normalized spacial score (nSPS) is 13.5. The van der Waals surface area contributed by atoms with E-state index in [-0.39, 0.29) is 103 Å². The Balaban J connectivity index is 1.08. The number of nitrogens with one attached hydrogen (secondary N) is 1. The third kappa shape index (κ3) is 11.0. The summed E-state index contributed by atoms with van der Waals surface area (Å²) >= 11 is 2.09. The van der Waals surface area contributed by atoms with Crippen LogP contribution in [0.5, 0.6) is 23.0 Å². The first-order valence-electron chi connectivity index (χ1n) is 18.1. The molecule has 0 fully saturated rings. The lowest BCUT2D eigenvalue weighted by atomic mass is 10.1. The average molecular weight is 862 g/mol. The zero-order chi connectivity index (χ0) is 43.0. The van der Waals surface area contributed by atoms with Crippen molar-refractivity contribution in [2.24, 2.45) is 0 Å². The van der Waals surface area contributed by atoms with Gasteiger partial charge in [0.05, 0.1) is 51.0 Å². The Kier molecular flexibility index (Phi) is 14.5. The number of hydrogen-bond acceptors (Lipinski definition) is 14. The molecule has 0 radical (unpaired) electrons. The number of aliphatic carboxylic acids is 1. The number of nitrogens with zero attached hydrogens (tertiary/aromatic N) is 2. The number of Topliss-reactive ketones (excluding diaryl/α,β-unsaturated/α-hetero) is 1. The van der Waals surface area contributed by atoms with Crippen LogP contribution < -0.4 is 24.3 Å². The largest absolute Gasteiger partial charge is 0.493 e. The van der Waals surface area contributed by atoms with Crippen molar-refractivity contribution in [3.05, 3.63) is 58.0 Å². The van der Waals surface area contributed by atoms with E-state index in [1.54, 1.807) is 19.9 Å². The van der Waals surface area contributed by atoms with Crippen molar-refractivity contribution in [3.63, 3.8) is 0 Å². The van der Waals surface area contributed by atoms with Gasteiger partial charge in [-0.1, -0.05) is 11.8 Å². The monoisotopic (exact) mass is 861 g/mol. The number of carbonyl (C=O) groups is 7. The summed E-state index contributed by atoms with van der Waals surface area (Å²) in [6.45, 7) is 2.60. The van der Waals surface area contributed by atoms with Gasteiger partial charge in [0.15, 0.2) is 45.3 Å². The molecule has 0 spiro atoms. The predicted octanol–water partition coefficient (Wildman–Crippen LogP) is 4.73. The fourth-order valence-electron chi connectivity index (χ4n) is 6.00. The molecule has 2 aromatic carbocycles. The van der Waals surface area contributed by atoms with Crippen molar-refractivity contribution in [3.8, 4) is 23.0 Å². The van der Waals surface area contributed by atoms with Crippen LogP contribution in [0.3, 0.4) is 0 Å². The van der Waals surface area contributed by atoms with Gasteiger partial charge in [-0.3, -0.25) is 38.5 Å². The molecule has 1 aromatic heterocycles. The van der Waals surface area contributed by atoms with Crippen molar-refractivity contribution in [2.75, 3.05) is 39.9 Å². The van der Waals surface area contributed by atoms with Gasteiger partial charge in [0, 0.05) is 66.2 Å². The van der Waals surface area contributed by atoms with E-state index >= 15 is 8.78 Å². The van der Waals surface area contributed by atoms with Crippen molar-refractivity contribution in [1.29, 1.82) is 0 Å². The summed E-state index contributed by atoms with van der Waals surface area (Å²) in [6.07, 6.45) is 1.27. The third-order valence-corrected chi connectivity index (χ3v) is 11.2. The van der Waals surface area contributed by atoms with Gasteiger partial charge >= 0.3 is 11.9 Å². The van der Waals surface area contributed by atoms with Gasteiger partial charge in [-0.15, -0.1) is 11.3 Å². The molecule has 4 amide bonds. The first-order chi connectivity index (χ1) is 28.0. The Morgan fingerprint density at radius 3 is 2.17 bits per heavy atom. The number of esters is 1. The van der Waals surface area contributed by atoms with Gasteiger partial charge in [-0.2, -0.15) is 0 Å². The molecule has 0 unspecified atom stereocenters. The smallest absolute Gasteiger partial charge is 0.307 e. The number of imide groups is 1.